The van der Waals surface area contributed by atoms with Gasteiger partial charge in [0.15, 0.2) is 0 Å². The van der Waals surface area contributed by atoms with E-state index in [1.807, 2.05) is 50.2 Å². The summed E-state index contributed by atoms with van der Waals surface area (Å²) in [6.07, 6.45) is 0.229. The molecule has 0 aliphatic rings. The van der Waals surface area contributed by atoms with E-state index in [0.717, 1.165) is 21.0 Å². The largest absolute Gasteiger partial charge is 0.497 e. The van der Waals surface area contributed by atoms with Gasteiger partial charge in [0, 0.05) is 24.5 Å². The Labute approximate surface area is 270 Å². The number of nitrogens with one attached hydrogen (secondary N) is 1. The van der Waals surface area contributed by atoms with Crippen LogP contribution in [0.15, 0.2) is 102 Å². The van der Waals surface area contributed by atoms with Crippen LogP contribution in [-0.4, -0.2) is 51.4 Å². The molecule has 236 valence electrons. The zero-order chi connectivity index (χ0) is 32.6. The second-order valence-corrected chi connectivity index (χ2v) is 13.0. The number of hydrogen-bond acceptors (Lipinski definition) is 5. The molecule has 0 bridgehead atoms. The molecule has 4 rings (SSSR count). The Hall–Kier alpha value is -4.34. The van der Waals surface area contributed by atoms with E-state index in [2.05, 4.69) is 5.32 Å². The third-order valence-corrected chi connectivity index (χ3v) is 9.43. The van der Waals surface area contributed by atoms with Gasteiger partial charge in [0.1, 0.15) is 18.3 Å². The number of amides is 2. The molecule has 1 N–H and O–H groups in total. The minimum absolute atomic E-state index is 0.0409. The Bertz CT molecular complexity index is 1730. The van der Waals surface area contributed by atoms with Crippen molar-refractivity contribution in [1.29, 1.82) is 0 Å². The number of rotatable bonds is 13. The molecule has 0 aliphatic carbocycles. The van der Waals surface area contributed by atoms with Crippen molar-refractivity contribution < 1.29 is 22.7 Å². The van der Waals surface area contributed by atoms with E-state index >= 15 is 0 Å². The monoisotopic (exact) mass is 647 g/mol. The number of benzene rings is 4. The summed E-state index contributed by atoms with van der Waals surface area (Å²) in [4.78, 5) is 29.6. The van der Waals surface area contributed by atoms with Gasteiger partial charge in [-0.15, -0.1) is 0 Å². The zero-order valence-electron chi connectivity index (χ0n) is 25.9. The van der Waals surface area contributed by atoms with Crippen molar-refractivity contribution in [2.24, 2.45) is 0 Å². The summed E-state index contributed by atoms with van der Waals surface area (Å²) in [5, 5.41) is 3.31. The van der Waals surface area contributed by atoms with Gasteiger partial charge in [0.25, 0.3) is 10.0 Å². The summed E-state index contributed by atoms with van der Waals surface area (Å²) in [7, 11) is -2.66. The first-order valence-electron chi connectivity index (χ1n) is 14.6. The number of hydrogen-bond donors (Lipinski definition) is 1. The number of sulfonamides is 1. The van der Waals surface area contributed by atoms with Crippen molar-refractivity contribution in [2.75, 3.05) is 24.5 Å². The Morgan fingerprint density at radius 2 is 1.58 bits per heavy atom. The molecule has 0 saturated carbocycles. The predicted octanol–water partition coefficient (Wildman–Crippen LogP) is 5.94. The number of likely N-dealkylation sites (N-methyl/N-ethyl adjacent to an activating group) is 1. The van der Waals surface area contributed by atoms with Crippen LogP contribution >= 0.6 is 11.6 Å². The lowest BCUT2D eigenvalue weighted by Gasteiger charge is -2.34. The van der Waals surface area contributed by atoms with Crippen LogP contribution in [0.25, 0.3) is 0 Å². The summed E-state index contributed by atoms with van der Waals surface area (Å²) >= 11 is 6.23. The van der Waals surface area contributed by atoms with Crippen LogP contribution in [0.4, 0.5) is 5.69 Å². The maximum atomic E-state index is 14.5. The van der Waals surface area contributed by atoms with E-state index in [1.165, 1.54) is 17.0 Å². The van der Waals surface area contributed by atoms with Crippen LogP contribution in [0.3, 0.4) is 0 Å². The SMILES string of the molecule is CCNC(=O)[C@@H](Cc1ccccc1)N(Cc1cccc(OC)c1)C(=O)CN(c1ccc(Cl)cc1C)S(=O)(=O)c1ccc(C)cc1. The number of halogens is 1. The number of methoxy groups -OCH3 is 1. The smallest absolute Gasteiger partial charge is 0.264 e. The minimum Gasteiger partial charge on any atom is -0.497 e. The Kier molecular flexibility index (Phi) is 11.3. The molecular weight excluding hydrogens is 610 g/mol. The van der Waals surface area contributed by atoms with Gasteiger partial charge >= 0.3 is 0 Å². The quantitative estimate of drug-likeness (QED) is 0.194. The number of nitrogens with zero attached hydrogens (tertiary/aromatic N) is 2. The average Bonchev–Trinajstić information content (AvgIpc) is 3.02. The molecule has 0 aromatic heterocycles. The second kappa shape index (κ2) is 15.1. The fourth-order valence-corrected chi connectivity index (χ4v) is 6.77. The van der Waals surface area contributed by atoms with Crippen molar-refractivity contribution in [1.82, 2.24) is 10.2 Å². The fraction of sp³-hybridized carbons (Fsp3) is 0.257. The van der Waals surface area contributed by atoms with Gasteiger partial charge in [0.05, 0.1) is 17.7 Å². The number of ether oxygens (including phenoxy) is 1. The molecule has 45 heavy (non-hydrogen) atoms. The summed E-state index contributed by atoms with van der Waals surface area (Å²) < 4.78 is 34.9. The third-order valence-electron chi connectivity index (χ3n) is 7.42. The maximum Gasteiger partial charge on any atom is 0.264 e. The van der Waals surface area contributed by atoms with Crippen molar-refractivity contribution in [3.63, 3.8) is 0 Å². The zero-order valence-corrected chi connectivity index (χ0v) is 27.4. The van der Waals surface area contributed by atoms with Gasteiger partial charge in [-0.25, -0.2) is 8.42 Å². The molecule has 0 heterocycles. The van der Waals surface area contributed by atoms with Crippen LogP contribution in [0.5, 0.6) is 5.75 Å². The second-order valence-electron chi connectivity index (χ2n) is 10.7. The first kappa shape index (κ1) is 33.6. The highest BCUT2D eigenvalue weighted by atomic mass is 35.5. The van der Waals surface area contributed by atoms with E-state index in [4.69, 9.17) is 16.3 Å². The summed E-state index contributed by atoms with van der Waals surface area (Å²) in [5.41, 5.74) is 3.37. The lowest BCUT2D eigenvalue weighted by molar-refractivity contribution is -0.140. The van der Waals surface area contributed by atoms with Crippen LogP contribution < -0.4 is 14.4 Å². The molecule has 1 atom stereocenters. The maximum absolute atomic E-state index is 14.5. The predicted molar refractivity (Wildman–Crippen MR) is 178 cm³/mol. The Morgan fingerprint density at radius 1 is 0.889 bits per heavy atom. The average molecular weight is 648 g/mol. The van der Waals surface area contributed by atoms with Crippen LogP contribution in [0.1, 0.15) is 29.2 Å². The standard InChI is InChI=1S/C35H38ClN3O5S/c1-5-37-35(41)33(22-27-10-7-6-8-11-27)38(23-28-12-9-13-30(21-28)44-4)34(40)24-39(32-19-16-29(36)20-26(32)3)45(42,43)31-17-14-25(2)15-18-31/h6-21,33H,5,22-24H2,1-4H3,(H,37,41)/t33-/m1/s1. The van der Waals surface area contributed by atoms with Crippen LogP contribution in [-0.2, 0) is 32.6 Å². The summed E-state index contributed by atoms with van der Waals surface area (Å²) in [6.45, 7) is 5.28. The molecule has 4 aromatic carbocycles. The third kappa shape index (κ3) is 8.44. The topological polar surface area (TPSA) is 96.0 Å². The Morgan fingerprint density at radius 3 is 2.22 bits per heavy atom. The van der Waals surface area contributed by atoms with Crippen LogP contribution in [0.2, 0.25) is 5.02 Å². The highest BCUT2D eigenvalue weighted by Crippen LogP contribution is 2.30. The Balaban J connectivity index is 1.83. The van der Waals surface area contributed by atoms with Crippen molar-refractivity contribution in [3.05, 3.63) is 124 Å². The van der Waals surface area contributed by atoms with E-state index in [0.29, 0.717) is 28.6 Å². The highest BCUT2D eigenvalue weighted by molar-refractivity contribution is 7.92. The molecule has 0 unspecified atom stereocenters. The number of aryl methyl sites for hydroxylation is 2. The molecular formula is C35H38ClN3O5S. The van der Waals surface area contributed by atoms with Gasteiger partial charge in [-0.05, 0) is 79.9 Å². The first-order chi connectivity index (χ1) is 21.5. The lowest BCUT2D eigenvalue weighted by Crippen LogP contribution is -2.53. The highest BCUT2D eigenvalue weighted by Gasteiger charge is 2.35. The molecule has 0 radical (unpaired) electrons. The van der Waals surface area contributed by atoms with E-state index < -0.39 is 28.5 Å². The number of carbonyl (C=O) groups is 2. The van der Waals surface area contributed by atoms with Gasteiger partial charge in [-0.2, -0.15) is 0 Å². The lowest BCUT2D eigenvalue weighted by atomic mass is 10.0. The van der Waals surface area contributed by atoms with Crippen molar-refractivity contribution in [3.8, 4) is 5.75 Å². The van der Waals surface area contributed by atoms with Crippen molar-refractivity contribution in [2.45, 2.75) is 44.7 Å². The van der Waals surface area contributed by atoms with E-state index in [1.54, 1.807) is 62.6 Å². The molecule has 8 nitrogen and oxygen atoms in total. The molecule has 0 spiro atoms. The molecule has 2 amide bonds. The molecule has 0 fully saturated rings. The minimum atomic E-state index is -4.21. The van der Waals surface area contributed by atoms with Gasteiger partial charge in [-0.1, -0.05) is 71.8 Å². The fourth-order valence-electron chi connectivity index (χ4n) is 5.06. The van der Waals surface area contributed by atoms with E-state index in [-0.39, 0.29) is 23.8 Å². The molecule has 0 aliphatic heterocycles. The molecule has 10 heteroatoms. The first-order valence-corrected chi connectivity index (χ1v) is 16.4. The van der Waals surface area contributed by atoms with Crippen LogP contribution in [0, 0.1) is 13.8 Å². The van der Waals surface area contributed by atoms with Gasteiger partial charge < -0.3 is 15.0 Å². The summed E-state index contributed by atoms with van der Waals surface area (Å²) in [5.74, 6) is -0.291. The molecule has 0 saturated heterocycles. The van der Waals surface area contributed by atoms with E-state index in [9.17, 15) is 18.0 Å². The van der Waals surface area contributed by atoms with Crippen molar-refractivity contribution >= 4 is 39.1 Å². The number of carbonyl (C=O) groups excluding carboxylic acids is 2. The summed E-state index contributed by atoms with van der Waals surface area (Å²) in [6, 6.07) is 27.0. The normalized spacial score (nSPS) is 11.8. The van der Waals surface area contributed by atoms with Gasteiger partial charge in [0.2, 0.25) is 11.8 Å². The number of anilines is 1. The molecule has 4 aromatic rings. The van der Waals surface area contributed by atoms with Gasteiger partial charge in [-0.3, -0.25) is 13.9 Å².